The lowest BCUT2D eigenvalue weighted by Gasteiger charge is -2.16. The fourth-order valence-corrected chi connectivity index (χ4v) is 2.87. The predicted molar refractivity (Wildman–Crippen MR) is 96.2 cm³/mol. The standard InChI is InChI=1S/C21H20O6/c1-13(21(25)26-12-18-17(22)11-19(23)27-18)15-8-5-9-16(10-15)20(24)14-6-3-2-4-7-14/h2-10,13,17-18,22H,11-12H2,1H3/t13-,17-,18+/m0/s1. The first-order chi connectivity index (χ1) is 13.0. The van der Waals surface area contributed by atoms with Crippen LogP contribution in [0.3, 0.4) is 0 Å². The molecule has 0 amide bonds. The summed E-state index contributed by atoms with van der Waals surface area (Å²) in [6.07, 6.45) is -1.89. The third-order valence-electron chi connectivity index (χ3n) is 4.52. The number of benzene rings is 2. The fraction of sp³-hybridized carbons (Fsp3) is 0.286. The molecule has 6 heteroatoms. The molecule has 1 saturated heterocycles. The zero-order valence-electron chi connectivity index (χ0n) is 14.8. The van der Waals surface area contributed by atoms with E-state index in [0.29, 0.717) is 16.7 Å². The van der Waals surface area contributed by atoms with E-state index < -0.39 is 30.1 Å². The summed E-state index contributed by atoms with van der Waals surface area (Å²) in [7, 11) is 0. The average Bonchev–Trinajstić information content (AvgIpc) is 3.02. The first-order valence-corrected chi connectivity index (χ1v) is 8.69. The molecular weight excluding hydrogens is 348 g/mol. The molecule has 6 nitrogen and oxygen atoms in total. The molecule has 1 aliphatic rings. The van der Waals surface area contributed by atoms with Crippen molar-refractivity contribution in [2.24, 2.45) is 0 Å². The Hall–Kier alpha value is -2.99. The smallest absolute Gasteiger partial charge is 0.313 e. The number of hydrogen-bond donors (Lipinski definition) is 1. The molecule has 0 radical (unpaired) electrons. The van der Waals surface area contributed by atoms with Crippen molar-refractivity contribution >= 4 is 17.7 Å². The molecule has 1 N–H and O–H groups in total. The van der Waals surface area contributed by atoms with Crippen LogP contribution in [-0.4, -0.2) is 41.6 Å². The minimum atomic E-state index is -0.965. The van der Waals surface area contributed by atoms with Gasteiger partial charge in [0, 0.05) is 11.1 Å². The molecule has 0 aliphatic carbocycles. The van der Waals surface area contributed by atoms with Gasteiger partial charge in [-0.3, -0.25) is 14.4 Å². The monoisotopic (exact) mass is 368 g/mol. The number of rotatable bonds is 6. The van der Waals surface area contributed by atoms with Crippen LogP contribution in [-0.2, 0) is 19.1 Å². The molecule has 1 fully saturated rings. The van der Waals surface area contributed by atoms with Gasteiger partial charge < -0.3 is 14.6 Å². The first kappa shape index (κ1) is 18.8. The van der Waals surface area contributed by atoms with E-state index >= 15 is 0 Å². The Kier molecular flexibility index (Phi) is 5.66. The Bertz CT molecular complexity index is 845. The third-order valence-corrected chi connectivity index (χ3v) is 4.52. The summed E-state index contributed by atoms with van der Waals surface area (Å²) in [6, 6.07) is 15.7. The topological polar surface area (TPSA) is 89.9 Å². The molecule has 0 unspecified atom stereocenters. The maximum Gasteiger partial charge on any atom is 0.313 e. The van der Waals surface area contributed by atoms with Crippen LogP contribution in [0.2, 0.25) is 0 Å². The second kappa shape index (κ2) is 8.14. The zero-order chi connectivity index (χ0) is 19.4. The Balaban J connectivity index is 1.66. The SMILES string of the molecule is C[C@H](C(=O)OC[C@H]1OC(=O)C[C@@H]1O)c1cccc(C(=O)c2ccccc2)c1. The van der Waals surface area contributed by atoms with Crippen LogP contribution in [0, 0.1) is 0 Å². The van der Waals surface area contributed by atoms with E-state index in [0.717, 1.165) is 0 Å². The molecule has 2 aromatic carbocycles. The lowest BCUT2D eigenvalue weighted by molar-refractivity contribution is -0.155. The van der Waals surface area contributed by atoms with Crippen molar-refractivity contribution in [3.05, 3.63) is 71.3 Å². The number of hydrogen-bond acceptors (Lipinski definition) is 6. The molecule has 0 bridgehead atoms. The van der Waals surface area contributed by atoms with Gasteiger partial charge in [-0.05, 0) is 18.6 Å². The van der Waals surface area contributed by atoms with E-state index in [1.165, 1.54) is 0 Å². The second-order valence-electron chi connectivity index (χ2n) is 6.47. The largest absolute Gasteiger partial charge is 0.461 e. The van der Waals surface area contributed by atoms with Gasteiger partial charge in [0.2, 0.25) is 0 Å². The van der Waals surface area contributed by atoms with E-state index in [1.807, 2.05) is 6.07 Å². The summed E-state index contributed by atoms with van der Waals surface area (Å²) in [5, 5.41) is 9.66. The lowest BCUT2D eigenvalue weighted by atomic mass is 9.96. The van der Waals surface area contributed by atoms with Gasteiger partial charge in [0.1, 0.15) is 12.7 Å². The van der Waals surface area contributed by atoms with E-state index in [4.69, 9.17) is 9.47 Å². The number of carbonyl (C=O) groups excluding carboxylic acids is 3. The number of aliphatic hydroxyl groups is 1. The van der Waals surface area contributed by atoms with Crippen LogP contribution in [0.4, 0.5) is 0 Å². The van der Waals surface area contributed by atoms with Crippen molar-refractivity contribution in [2.75, 3.05) is 6.61 Å². The van der Waals surface area contributed by atoms with Crippen LogP contribution in [0.25, 0.3) is 0 Å². The molecule has 0 spiro atoms. The highest BCUT2D eigenvalue weighted by Crippen LogP contribution is 2.21. The van der Waals surface area contributed by atoms with E-state index in [1.54, 1.807) is 55.5 Å². The summed E-state index contributed by atoms with van der Waals surface area (Å²) < 4.78 is 10.1. The minimum Gasteiger partial charge on any atom is -0.461 e. The van der Waals surface area contributed by atoms with Crippen LogP contribution in [0.5, 0.6) is 0 Å². The average molecular weight is 368 g/mol. The minimum absolute atomic E-state index is 0.0958. The molecule has 0 saturated carbocycles. The molecular formula is C21H20O6. The summed E-state index contributed by atoms with van der Waals surface area (Å²) >= 11 is 0. The first-order valence-electron chi connectivity index (χ1n) is 8.69. The zero-order valence-corrected chi connectivity index (χ0v) is 14.8. The van der Waals surface area contributed by atoms with Crippen molar-refractivity contribution in [1.82, 2.24) is 0 Å². The van der Waals surface area contributed by atoms with Crippen molar-refractivity contribution in [3.8, 4) is 0 Å². The Morgan fingerprint density at radius 3 is 2.52 bits per heavy atom. The molecule has 1 heterocycles. The fourth-order valence-electron chi connectivity index (χ4n) is 2.87. The third kappa shape index (κ3) is 4.41. The van der Waals surface area contributed by atoms with Crippen LogP contribution >= 0.6 is 0 Å². The lowest BCUT2D eigenvalue weighted by Crippen LogP contribution is -2.29. The second-order valence-corrected chi connectivity index (χ2v) is 6.47. The molecule has 1 aliphatic heterocycles. The summed E-state index contributed by atoms with van der Waals surface area (Å²) in [6.45, 7) is 1.48. The highest BCUT2D eigenvalue weighted by Gasteiger charge is 2.34. The van der Waals surface area contributed by atoms with Gasteiger partial charge in [0.25, 0.3) is 0 Å². The van der Waals surface area contributed by atoms with Gasteiger partial charge in [-0.2, -0.15) is 0 Å². The van der Waals surface area contributed by atoms with Crippen LogP contribution < -0.4 is 0 Å². The summed E-state index contributed by atoms with van der Waals surface area (Å²) in [5.41, 5.74) is 1.70. The van der Waals surface area contributed by atoms with Gasteiger partial charge >= 0.3 is 11.9 Å². The molecule has 27 heavy (non-hydrogen) atoms. The highest BCUT2D eigenvalue weighted by molar-refractivity contribution is 6.09. The van der Waals surface area contributed by atoms with E-state index in [-0.39, 0.29) is 18.8 Å². The van der Waals surface area contributed by atoms with Gasteiger partial charge in [-0.1, -0.05) is 48.5 Å². The number of ether oxygens (including phenoxy) is 2. The molecule has 3 rings (SSSR count). The Morgan fingerprint density at radius 1 is 1.15 bits per heavy atom. The van der Waals surface area contributed by atoms with Crippen LogP contribution in [0.1, 0.15) is 40.7 Å². The van der Waals surface area contributed by atoms with Crippen molar-refractivity contribution in [3.63, 3.8) is 0 Å². The Labute approximate surface area is 156 Å². The number of esters is 2. The number of ketones is 1. The normalized spacial score (nSPS) is 20.0. The maximum atomic E-state index is 12.6. The van der Waals surface area contributed by atoms with E-state index in [9.17, 15) is 19.5 Å². The molecule has 0 aromatic heterocycles. The number of carbonyl (C=O) groups is 3. The Morgan fingerprint density at radius 2 is 1.85 bits per heavy atom. The van der Waals surface area contributed by atoms with Gasteiger partial charge in [0.05, 0.1) is 12.3 Å². The predicted octanol–water partition coefficient (Wildman–Crippen LogP) is 2.24. The number of aliphatic hydroxyl groups excluding tert-OH is 1. The maximum absolute atomic E-state index is 12.6. The molecule has 140 valence electrons. The quantitative estimate of drug-likeness (QED) is 0.621. The molecule has 2 aromatic rings. The summed E-state index contributed by atoms with van der Waals surface area (Å²) in [4.78, 5) is 36.0. The molecule has 3 atom stereocenters. The van der Waals surface area contributed by atoms with E-state index in [2.05, 4.69) is 0 Å². The van der Waals surface area contributed by atoms with Crippen molar-refractivity contribution in [2.45, 2.75) is 31.5 Å². The van der Waals surface area contributed by atoms with Crippen molar-refractivity contribution < 1.29 is 29.0 Å². The van der Waals surface area contributed by atoms with Crippen molar-refractivity contribution in [1.29, 1.82) is 0 Å². The summed E-state index contributed by atoms with van der Waals surface area (Å²) in [5.74, 6) is -1.76. The number of cyclic esters (lactones) is 1. The van der Waals surface area contributed by atoms with Gasteiger partial charge in [-0.15, -0.1) is 0 Å². The van der Waals surface area contributed by atoms with Crippen LogP contribution in [0.15, 0.2) is 54.6 Å². The van der Waals surface area contributed by atoms with Gasteiger partial charge in [-0.25, -0.2) is 0 Å². The highest BCUT2D eigenvalue weighted by atomic mass is 16.6. The van der Waals surface area contributed by atoms with Gasteiger partial charge in [0.15, 0.2) is 11.9 Å².